The topological polar surface area (TPSA) is 61.3 Å². The molecule has 0 bridgehead atoms. The Morgan fingerprint density at radius 2 is 2.00 bits per heavy atom. The van der Waals surface area contributed by atoms with E-state index in [1.165, 1.54) is 11.3 Å². The zero-order valence-corrected chi connectivity index (χ0v) is 11.6. The normalized spacial score (nSPS) is 10.2. The number of pyridine rings is 1. The fourth-order valence-corrected chi connectivity index (χ4v) is 2.39. The minimum absolute atomic E-state index is 0.326. The maximum absolute atomic E-state index is 11.8. The molecule has 0 aliphatic rings. The molecule has 5 nitrogen and oxygen atoms in total. The molecule has 2 rings (SSSR count). The molecule has 19 heavy (non-hydrogen) atoms. The summed E-state index contributed by atoms with van der Waals surface area (Å²) < 4.78 is 10.4. The Morgan fingerprint density at radius 1 is 1.26 bits per heavy atom. The Bertz CT molecular complexity index is 554. The molecule has 0 N–H and O–H groups in total. The van der Waals surface area contributed by atoms with Gasteiger partial charge in [-0.3, -0.25) is 4.98 Å². The van der Waals surface area contributed by atoms with Crippen LogP contribution in [0.5, 0.6) is 5.88 Å². The molecule has 2 heterocycles. The Labute approximate surface area is 115 Å². The number of ether oxygens (including phenoxy) is 2. The highest BCUT2D eigenvalue weighted by Gasteiger charge is 2.21. The summed E-state index contributed by atoms with van der Waals surface area (Å²) in [5, 5.41) is 0.717. The molecule has 2 aromatic rings. The first-order chi connectivity index (χ1) is 9.26. The van der Waals surface area contributed by atoms with Crippen LogP contribution in [-0.4, -0.2) is 29.2 Å². The van der Waals surface area contributed by atoms with Gasteiger partial charge in [0.15, 0.2) is 4.88 Å². The molecule has 0 saturated heterocycles. The third kappa shape index (κ3) is 3.08. The number of rotatable bonds is 5. The SMILES string of the molecule is CCOC(=O)c1sc(-c2ccncc2)nc1OCC. The summed E-state index contributed by atoms with van der Waals surface area (Å²) in [5.41, 5.74) is 0.900. The highest BCUT2D eigenvalue weighted by Crippen LogP contribution is 2.32. The molecule has 0 aromatic carbocycles. The van der Waals surface area contributed by atoms with Gasteiger partial charge in [-0.05, 0) is 26.0 Å². The average Bonchev–Trinajstić information content (AvgIpc) is 2.85. The van der Waals surface area contributed by atoms with Crippen molar-refractivity contribution in [3.8, 4) is 16.5 Å². The van der Waals surface area contributed by atoms with Crippen molar-refractivity contribution in [3.63, 3.8) is 0 Å². The van der Waals surface area contributed by atoms with E-state index in [1.807, 2.05) is 19.1 Å². The minimum Gasteiger partial charge on any atom is -0.477 e. The smallest absolute Gasteiger partial charge is 0.354 e. The van der Waals surface area contributed by atoms with Crippen LogP contribution in [0.25, 0.3) is 10.6 Å². The fourth-order valence-electron chi connectivity index (χ4n) is 1.48. The summed E-state index contributed by atoms with van der Waals surface area (Å²) in [7, 11) is 0. The highest BCUT2D eigenvalue weighted by atomic mass is 32.1. The first-order valence-corrected chi connectivity index (χ1v) is 6.79. The zero-order valence-electron chi connectivity index (χ0n) is 10.8. The summed E-state index contributed by atoms with van der Waals surface area (Å²) in [4.78, 5) is 20.5. The molecule has 0 amide bonds. The van der Waals surface area contributed by atoms with Crippen molar-refractivity contribution in [2.75, 3.05) is 13.2 Å². The molecule has 0 aliphatic heterocycles. The molecule has 2 aromatic heterocycles. The van der Waals surface area contributed by atoms with E-state index >= 15 is 0 Å². The largest absolute Gasteiger partial charge is 0.477 e. The summed E-state index contributed by atoms with van der Waals surface area (Å²) in [6.07, 6.45) is 3.36. The van der Waals surface area contributed by atoms with Crippen LogP contribution in [0.1, 0.15) is 23.5 Å². The predicted molar refractivity (Wildman–Crippen MR) is 72.5 cm³/mol. The highest BCUT2D eigenvalue weighted by molar-refractivity contribution is 7.17. The molecule has 0 atom stereocenters. The number of nitrogens with zero attached hydrogens (tertiary/aromatic N) is 2. The monoisotopic (exact) mass is 278 g/mol. The van der Waals surface area contributed by atoms with Gasteiger partial charge in [0.05, 0.1) is 13.2 Å². The molecule has 100 valence electrons. The number of hydrogen-bond acceptors (Lipinski definition) is 6. The zero-order chi connectivity index (χ0) is 13.7. The Balaban J connectivity index is 2.37. The lowest BCUT2D eigenvalue weighted by Gasteiger charge is -2.01. The van der Waals surface area contributed by atoms with E-state index in [9.17, 15) is 4.79 Å². The van der Waals surface area contributed by atoms with E-state index < -0.39 is 5.97 Å². The van der Waals surface area contributed by atoms with E-state index in [1.54, 1.807) is 19.3 Å². The van der Waals surface area contributed by atoms with Gasteiger partial charge in [0.25, 0.3) is 0 Å². The number of esters is 1. The molecular weight excluding hydrogens is 264 g/mol. The fraction of sp³-hybridized carbons (Fsp3) is 0.308. The van der Waals surface area contributed by atoms with E-state index in [-0.39, 0.29) is 0 Å². The second kappa shape index (κ2) is 6.29. The van der Waals surface area contributed by atoms with Crippen LogP contribution >= 0.6 is 11.3 Å². The van der Waals surface area contributed by atoms with E-state index in [0.29, 0.717) is 29.0 Å². The van der Waals surface area contributed by atoms with Crippen LogP contribution in [0.2, 0.25) is 0 Å². The van der Waals surface area contributed by atoms with Crippen LogP contribution in [0.15, 0.2) is 24.5 Å². The van der Waals surface area contributed by atoms with Gasteiger partial charge in [-0.15, -0.1) is 11.3 Å². The summed E-state index contributed by atoms with van der Waals surface area (Å²) >= 11 is 1.26. The first-order valence-electron chi connectivity index (χ1n) is 5.97. The molecule has 0 spiro atoms. The lowest BCUT2D eigenvalue weighted by molar-refractivity contribution is 0.0527. The lowest BCUT2D eigenvalue weighted by Crippen LogP contribution is -2.05. The van der Waals surface area contributed by atoms with Gasteiger partial charge in [-0.25, -0.2) is 9.78 Å². The number of carbonyl (C=O) groups is 1. The van der Waals surface area contributed by atoms with Crippen LogP contribution in [-0.2, 0) is 4.74 Å². The molecule has 0 unspecified atom stereocenters. The maximum Gasteiger partial charge on any atom is 0.354 e. The van der Waals surface area contributed by atoms with Gasteiger partial charge in [0, 0.05) is 18.0 Å². The van der Waals surface area contributed by atoms with Gasteiger partial charge < -0.3 is 9.47 Å². The van der Waals surface area contributed by atoms with Crippen LogP contribution in [0.4, 0.5) is 0 Å². The van der Waals surface area contributed by atoms with Crippen LogP contribution in [0.3, 0.4) is 0 Å². The van der Waals surface area contributed by atoms with Gasteiger partial charge in [0.2, 0.25) is 5.88 Å². The summed E-state index contributed by atoms with van der Waals surface area (Å²) in [5.74, 6) is -0.0680. The van der Waals surface area contributed by atoms with Crippen molar-refractivity contribution in [2.45, 2.75) is 13.8 Å². The van der Waals surface area contributed by atoms with Crippen molar-refractivity contribution in [1.29, 1.82) is 0 Å². The Kier molecular flexibility index (Phi) is 4.46. The van der Waals surface area contributed by atoms with Crippen LogP contribution < -0.4 is 4.74 Å². The molecule has 0 saturated carbocycles. The second-order valence-electron chi connectivity index (χ2n) is 3.54. The molecule has 0 aliphatic carbocycles. The van der Waals surface area contributed by atoms with E-state index in [2.05, 4.69) is 9.97 Å². The Hall–Kier alpha value is -1.95. The third-order valence-corrected chi connectivity index (χ3v) is 3.33. The second-order valence-corrected chi connectivity index (χ2v) is 4.54. The van der Waals surface area contributed by atoms with Gasteiger partial charge in [-0.2, -0.15) is 0 Å². The standard InChI is InChI=1S/C13H14N2O3S/c1-3-17-11-10(13(16)18-4-2)19-12(15-11)9-5-7-14-8-6-9/h5-8H,3-4H2,1-2H3. The van der Waals surface area contributed by atoms with Crippen molar-refractivity contribution < 1.29 is 14.3 Å². The average molecular weight is 278 g/mol. The lowest BCUT2D eigenvalue weighted by atomic mass is 10.3. The van der Waals surface area contributed by atoms with E-state index in [0.717, 1.165) is 5.56 Å². The van der Waals surface area contributed by atoms with Gasteiger partial charge in [0.1, 0.15) is 5.01 Å². The molecular formula is C13H14N2O3S. The molecule has 6 heteroatoms. The van der Waals surface area contributed by atoms with E-state index in [4.69, 9.17) is 9.47 Å². The predicted octanol–water partition coefficient (Wildman–Crippen LogP) is 2.78. The van der Waals surface area contributed by atoms with Crippen LogP contribution in [0, 0.1) is 0 Å². The summed E-state index contributed by atoms with van der Waals surface area (Å²) in [6.45, 7) is 4.39. The van der Waals surface area contributed by atoms with Crippen molar-refractivity contribution in [3.05, 3.63) is 29.4 Å². The minimum atomic E-state index is -0.399. The number of carbonyl (C=O) groups excluding carboxylic acids is 1. The molecule has 0 fully saturated rings. The number of thiazole rings is 1. The van der Waals surface area contributed by atoms with Gasteiger partial charge >= 0.3 is 5.97 Å². The van der Waals surface area contributed by atoms with Crippen molar-refractivity contribution in [1.82, 2.24) is 9.97 Å². The van der Waals surface area contributed by atoms with Crippen molar-refractivity contribution in [2.24, 2.45) is 0 Å². The third-order valence-electron chi connectivity index (χ3n) is 2.27. The molecule has 0 radical (unpaired) electrons. The Morgan fingerprint density at radius 3 is 2.63 bits per heavy atom. The number of aromatic nitrogens is 2. The quantitative estimate of drug-likeness (QED) is 0.787. The summed E-state index contributed by atoms with van der Waals surface area (Å²) in [6, 6.07) is 3.67. The maximum atomic E-state index is 11.8. The van der Waals surface area contributed by atoms with Crippen molar-refractivity contribution >= 4 is 17.3 Å². The van der Waals surface area contributed by atoms with Gasteiger partial charge in [-0.1, -0.05) is 0 Å². The first kappa shape index (κ1) is 13.5. The number of hydrogen-bond donors (Lipinski definition) is 0.